The van der Waals surface area contributed by atoms with Crippen molar-refractivity contribution < 1.29 is 19.4 Å². The maximum atomic E-state index is 11.2. The number of hydrogen-bond acceptors (Lipinski definition) is 4. The molecule has 2 rings (SSSR count). The molecule has 4 nitrogen and oxygen atoms in total. The van der Waals surface area contributed by atoms with Crippen molar-refractivity contribution in [3.05, 3.63) is 35.9 Å². The molecular weight excluding hydrogens is 220 g/mol. The molecule has 1 saturated heterocycles. The Hall–Kier alpha value is -1.39. The normalized spacial score (nSPS) is 23.7. The van der Waals surface area contributed by atoms with Gasteiger partial charge in [-0.25, -0.2) is 0 Å². The SMILES string of the molecule is O=C1OC[C@H](COCc2ccccc2)[C@H]1CO. The maximum absolute atomic E-state index is 11.2. The number of aliphatic hydroxyl groups excluding tert-OH is 1. The zero-order chi connectivity index (χ0) is 12.1. The molecule has 0 bridgehead atoms. The van der Waals surface area contributed by atoms with Crippen LogP contribution >= 0.6 is 0 Å². The molecule has 1 N–H and O–H groups in total. The van der Waals surface area contributed by atoms with Crippen molar-refractivity contribution >= 4 is 5.97 Å². The molecule has 92 valence electrons. The molecule has 1 heterocycles. The first kappa shape index (κ1) is 12.1. The van der Waals surface area contributed by atoms with Gasteiger partial charge in [0.1, 0.15) is 0 Å². The van der Waals surface area contributed by atoms with Gasteiger partial charge in [-0.3, -0.25) is 4.79 Å². The van der Waals surface area contributed by atoms with Crippen LogP contribution in [0.25, 0.3) is 0 Å². The van der Waals surface area contributed by atoms with E-state index in [1.807, 2.05) is 30.3 Å². The Morgan fingerprint density at radius 3 is 2.82 bits per heavy atom. The van der Waals surface area contributed by atoms with Crippen molar-refractivity contribution in [1.29, 1.82) is 0 Å². The van der Waals surface area contributed by atoms with Gasteiger partial charge in [0.2, 0.25) is 0 Å². The van der Waals surface area contributed by atoms with E-state index in [1.54, 1.807) is 0 Å². The molecule has 1 aromatic carbocycles. The van der Waals surface area contributed by atoms with E-state index < -0.39 is 5.92 Å². The summed E-state index contributed by atoms with van der Waals surface area (Å²) in [7, 11) is 0. The van der Waals surface area contributed by atoms with E-state index in [0.29, 0.717) is 19.8 Å². The minimum absolute atomic E-state index is 0.0313. The molecule has 4 heteroatoms. The molecule has 0 amide bonds. The van der Waals surface area contributed by atoms with E-state index in [4.69, 9.17) is 14.6 Å². The molecule has 1 aromatic rings. The first-order valence-corrected chi connectivity index (χ1v) is 5.70. The Kier molecular flexibility index (Phi) is 4.12. The lowest BCUT2D eigenvalue weighted by Gasteiger charge is -2.12. The summed E-state index contributed by atoms with van der Waals surface area (Å²) in [5, 5.41) is 9.07. The standard InChI is InChI=1S/C13H16O4/c14-6-12-11(9-17-13(12)15)8-16-7-10-4-2-1-3-5-10/h1-5,11-12,14H,6-9H2/t11-,12+/m0/s1. The van der Waals surface area contributed by atoms with Crippen LogP contribution in [0.3, 0.4) is 0 Å². The summed E-state index contributed by atoms with van der Waals surface area (Å²) < 4.78 is 10.4. The number of hydrogen-bond donors (Lipinski definition) is 1. The van der Waals surface area contributed by atoms with Crippen molar-refractivity contribution in [3.8, 4) is 0 Å². The molecule has 1 aliphatic rings. The van der Waals surface area contributed by atoms with Crippen LogP contribution in [0.1, 0.15) is 5.56 Å². The molecule has 0 aromatic heterocycles. The first-order chi connectivity index (χ1) is 8.31. The number of esters is 1. The summed E-state index contributed by atoms with van der Waals surface area (Å²) in [6.07, 6.45) is 0. The van der Waals surface area contributed by atoms with Gasteiger partial charge in [0.25, 0.3) is 0 Å². The van der Waals surface area contributed by atoms with Gasteiger partial charge in [0, 0.05) is 5.92 Å². The minimum Gasteiger partial charge on any atom is -0.465 e. The quantitative estimate of drug-likeness (QED) is 0.774. The molecule has 17 heavy (non-hydrogen) atoms. The van der Waals surface area contributed by atoms with Crippen molar-refractivity contribution in [1.82, 2.24) is 0 Å². The van der Waals surface area contributed by atoms with Crippen molar-refractivity contribution in [2.45, 2.75) is 6.61 Å². The Bertz CT molecular complexity index is 363. The summed E-state index contributed by atoms with van der Waals surface area (Å²) in [6, 6.07) is 9.84. The van der Waals surface area contributed by atoms with Crippen LogP contribution in [0.15, 0.2) is 30.3 Å². The number of cyclic esters (lactones) is 1. The highest BCUT2D eigenvalue weighted by atomic mass is 16.5. The smallest absolute Gasteiger partial charge is 0.311 e. The van der Waals surface area contributed by atoms with Crippen LogP contribution in [0.5, 0.6) is 0 Å². The minimum atomic E-state index is -0.425. The van der Waals surface area contributed by atoms with Gasteiger partial charge in [-0.1, -0.05) is 30.3 Å². The molecule has 0 aliphatic carbocycles. The van der Waals surface area contributed by atoms with Crippen molar-refractivity contribution in [3.63, 3.8) is 0 Å². The highest BCUT2D eigenvalue weighted by Crippen LogP contribution is 2.22. The highest BCUT2D eigenvalue weighted by Gasteiger charge is 2.36. The lowest BCUT2D eigenvalue weighted by molar-refractivity contribution is -0.142. The third kappa shape index (κ3) is 3.05. The van der Waals surface area contributed by atoms with E-state index in [-0.39, 0.29) is 18.5 Å². The zero-order valence-corrected chi connectivity index (χ0v) is 9.54. The van der Waals surface area contributed by atoms with Crippen LogP contribution in [0.4, 0.5) is 0 Å². The second-order valence-corrected chi connectivity index (χ2v) is 4.18. The first-order valence-electron chi connectivity index (χ1n) is 5.70. The molecule has 0 saturated carbocycles. The summed E-state index contributed by atoms with van der Waals surface area (Å²) in [4.78, 5) is 11.2. The topological polar surface area (TPSA) is 55.8 Å². The van der Waals surface area contributed by atoms with Crippen LogP contribution in [-0.2, 0) is 20.9 Å². The molecular formula is C13H16O4. The summed E-state index contributed by atoms with van der Waals surface area (Å²) >= 11 is 0. The second kappa shape index (κ2) is 5.80. The zero-order valence-electron chi connectivity index (χ0n) is 9.54. The fourth-order valence-corrected chi connectivity index (χ4v) is 1.90. The van der Waals surface area contributed by atoms with Gasteiger partial charge in [-0.05, 0) is 5.56 Å². The summed E-state index contributed by atoms with van der Waals surface area (Å²) in [6.45, 7) is 1.13. The number of aliphatic hydroxyl groups is 1. The third-order valence-corrected chi connectivity index (χ3v) is 2.95. The monoisotopic (exact) mass is 236 g/mol. The van der Waals surface area contributed by atoms with E-state index in [0.717, 1.165) is 5.56 Å². The lowest BCUT2D eigenvalue weighted by Crippen LogP contribution is -2.23. The Morgan fingerprint density at radius 1 is 1.35 bits per heavy atom. The fraction of sp³-hybridized carbons (Fsp3) is 0.462. The molecule has 0 radical (unpaired) electrons. The van der Waals surface area contributed by atoms with Crippen LogP contribution in [0, 0.1) is 11.8 Å². The Balaban J connectivity index is 1.77. The average Bonchev–Trinajstić information content (AvgIpc) is 2.71. The second-order valence-electron chi connectivity index (χ2n) is 4.18. The van der Waals surface area contributed by atoms with Gasteiger partial charge < -0.3 is 14.6 Å². The van der Waals surface area contributed by atoms with Crippen LogP contribution in [0.2, 0.25) is 0 Å². The number of rotatable bonds is 5. The molecule has 0 spiro atoms. The third-order valence-electron chi connectivity index (χ3n) is 2.95. The Morgan fingerprint density at radius 2 is 2.12 bits per heavy atom. The largest absolute Gasteiger partial charge is 0.465 e. The Labute approximate surface area is 100 Å². The average molecular weight is 236 g/mol. The number of carbonyl (C=O) groups excluding carboxylic acids is 1. The van der Waals surface area contributed by atoms with E-state index in [9.17, 15) is 4.79 Å². The highest BCUT2D eigenvalue weighted by molar-refractivity contribution is 5.74. The molecule has 1 aliphatic heterocycles. The van der Waals surface area contributed by atoms with Gasteiger partial charge >= 0.3 is 5.97 Å². The maximum Gasteiger partial charge on any atom is 0.311 e. The van der Waals surface area contributed by atoms with Gasteiger partial charge in [-0.15, -0.1) is 0 Å². The summed E-state index contributed by atoms with van der Waals surface area (Å²) in [5.74, 6) is -0.775. The van der Waals surface area contributed by atoms with Crippen LogP contribution in [-0.4, -0.2) is 30.9 Å². The van der Waals surface area contributed by atoms with Crippen molar-refractivity contribution in [2.75, 3.05) is 19.8 Å². The fourth-order valence-electron chi connectivity index (χ4n) is 1.90. The lowest BCUT2D eigenvalue weighted by atomic mass is 9.97. The molecule has 0 unspecified atom stereocenters. The number of benzene rings is 1. The van der Waals surface area contributed by atoms with Gasteiger partial charge in [0.05, 0.1) is 32.3 Å². The van der Waals surface area contributed by atoms with E-state index in [2.05, 4.69) is 0 Å². The van der Waals surface area contributed by atoms with Gasteiger partial charge in [-0.2, -0.15) is 0 Å². The number of ether oxygens (including phenoxy) is 2. The predicted octanol–water partition coefficient (Wildman–Crippen LogP) is 0.985. The molecule has 1 fully saturated rings. The molecule has 2 atom stereocenters. The van der Waals surface area contributed by atoms with E-state index >= 15 is 0 Å². The predicted molar refractivity (Wildman–Crippen MR) is 61.1 cm³/mol. The van der Waals surface area contributed by atoms with E-state index in [1.165, 1.54) is 0 Å². The number of carbonyl (C=O) groups is 1. The summed E-state index contributed by atoms with van der Waals surface area (Å²) in [5.41, 5.74) is 1.10. The van der Waals surface area contributed by atoms with Gasteiger partial charge in [0.15, 0.2) is 0 Å². The van der Waals surface area contributed by atoms with Crippen molar-refractivity contribution in [2.24, 2.45) is 11.8 Å². The van der Waals surface area contributed by atoms with Crippen LogP contribution < -0.4 is 0 Å².